The summed E-state index contributed by atoms with van der Waals surface area (Å²) in [7, 11) is 0. The molecule has 0 radical (unpaired) electrons. The molecule has 0 aromatic heterocycles. The van der Waals surface area contributed by atoms with Crippen LogP contribution < -0.4 is 0 Å². The maximum absolute atomic E-state index is 13.6. The minimum atomic E-state index is -0.477. The monoisotopic (exact) mass is 330 g/mol. The summed E-state index contributed by atoms with van der Waals surface area (Å²) in [6, 6.07) is 3.95. The predicted octanol–water partition coefficient (Wildman–Crippen LogP) is 6.79. The van der Waals surface area contributed by atoms with Crippen molar-refractivity contribution in [1.82, 2.24) is 0 Å². The second-order valence-corrected chi connectivity index (χ2v) is 7.50. The first-order valence-electron chi connectivity index (χ1n) is 9.48. The molecule has 2 aliphatic rings. The molecule has 1 aromatic carbocycles. The first-order valence-corrected chi connectivity index (χ1v) is 9.48. The van der Waals surface area contributed by atoms with Crippen molar-refractivity contribution < 1.29 is 8.78 Å². The third kappa shape index (κ3) is 4.15. The van der Waals surface area contributed by atoms with Crippen LogP contribution >= 0.6 is 0 Å². The number of halogens is 2. The largest absolute Gasteiger partial charge is 0.207 e. The zero-order valence-electron chi connectivity index (χ0n) is 14.6. The summed E-state index contributed by atoms with van der Waals surface area (Å²) >= 11 is 0. The third-order valence-electron chi connectivity index (χ3n) is 5.85. The normalized spacial score (nSPS) is 29.8. The van der Waals surface area contributed by atoms with Crippen LogP contribution in [0.2, 0.25) is 0 Å². The average Bonchev–Trinajstić information content (AvgIpc) is 2.59. The Balaban J connectivity index is 1.70. The Bertz CT molecular complexity index is 574. The number of hydrogen-bond acceptors (Lipinski definition) is 0. The van der Waals surface area contributed by atoms with Crippen LogP contribution in [-0.4, -0.2) is 0 Å². The zero-order valence-corrected chi connectivity index (χ0v) is 14.6. The van der Waals surface area contributed by atoms with Gasteiger partial charge in [-0.15, -0.1) is 0 Å². The Morgan fingerprint density at radius 1 is 0.917 bits per heavy atom. The first-order chi connectivity index (χ1) is 11.7. The summed E-state index contributed by atoms with van der Waals surface area (Å²) in [5.41, 5.74) is 0.770. The molecule has 0 nitrogen and oxygen atoms in total. The highest BCUT2D eigenvalue weighted by atomic mass is 19.1. The molecular weight excluding hydrogens is 302 g/mol. The van der Waals surface area contributed by atoms with Crippen LogP contribution in [0.3, 0.4) is 0 Å². The van der Waals surface area contributed by atoms with Crippen molar-refractivity contribution in [3.63, 3.8) is 0 Å². The van der Waals surface area contributed by atoms with Crippen molar-refractivity contribution in [2.75, 3.05) is 0 Å². The summed E-state index contributed by atoms with van der Waals surface area (Å²) < 4.78 is 27.3. The van der Waals surface area contributed by atoms with Gasteiger partial charge >= 0.3 is 0 Å². The summed E-state index contributed by atoms with van der Waals surface area (Å²) in [4.78, 5) is 0. The molecule has 0 heterocycles. The van der Waals surface area contributed by atoms with Crippen molar-refractivity contribution in [3.05, 3.63) is 59.7 Å². The molecule has 0 spiro atoms. The molecule has 2 atom stereocenters. The fraction of sp³-hybridized carbons (Fsp3) is 0.545. The van der Waals surface area contributed by atoms with Crippen LogP contribution in [0.4, 0.5) is 8.78 Å². The van der Waals surface area contributed by atoms with E-state index in [-0.39, 0.29) is 5.92 Å². The van der Waals surface area contributed by atoms with Crippen molar-refractivity contribution in [2.45, 2.75) is 57.8 Å². The second kappa shape index (κ2) is 8.09. The average molecular weight is 330 g/mol. The van der Waals surface area contributed by atoms with Gasteiger partial charge in [0.1, 0.15) is 11.6 Å². The van der Waals surface area contributed by atoms with Gasteiger partial charge in [0.05, 0.1) is 0 Å². The number of unbranched alkanes of at least 4 members (excludes halogenated alkanes) is 1. The topological polar surface area (TPSA) is 0 Å². The molecule has 2 unspecified atom stereocenters. The van der Waals surface area contributed by atoms with E-state index in [1.165, 1.54) is 57.1 Å². The van der Waals surface area contributed by atoms with E-state index in [1.54, 1.807) is 0 Å². The lowest BCUT2D eigenvalue weighted by Gasteiger charge is -2.37. The lowest BCUT2D eigenvalue weighted by atomic mass is 9.68. The highest BCUT2D eigenvalue weighted by Gasteiger charge is 2.32. The van der Waals surface area contributed by atoms with Crippen LogP contribution in [0.5, 0.6) is 0 Å². The second-order valence-electron chi connectivity index (χ2n) is 7.50. The summed E-state index contributed by atoms with van der Waals surface area (Å²) in [6.07, 6.45) is 17.6. The van der Waals surface area contributed by atoms with Gasteiger partial charge in [-0.25, -0.2) is 8.78 Å². The van der Waals surface area contributed by atoms with Crippen LogP contribution in [0.1, 0.15) is 63.4 Å². The van der Waals surface area contributed by atoms with Gasteiger partial charge in [-0.3, -0.25) is 0 Å². The van der Waals surface area contributed by atoms with Gasteiger partial charge in [-0.2, -0.15) is 0 Å². The Morgan fingerprint density at radius 2 is 1.58 bits per heavy atom. The smallest absolute Gasteiger partial charge is 0.126 e. The first kappa shape index (κ1) is 17.4. The van der Waals surface area contributed by atoms with E-state index in [2.05, 4.69) is 25.2 Å². The Kier molecular flexibility index (Phi) is 5.86. The molecule has 130 valence electrons. The number of rotatable bonds is 5. The minimum absolute atomic E-state index is 0.0948. The molecule has 2 heteroatoms. The maximum Gasteiger partial charge on any atom is 0.126 e. The van der Waals surface area contributed by atoms with E-state index in [0.717, 1.165) is 17.5 Å². The van der Waals surface area contributed by atoms with E-state index in [1.807, 2.05) is 6.08 Å². The molecule has 0 saturated heterocycles. The molecule has 0 N–H and O–H groups in total. The lowest BCUT2D eigenvalue weighted by Crippen LogP contribution is -2.25. The van der Waals surface area contributed by atoms with Gasteiger partial charge in [0.2, 0.25) is 0 Å². The molecular formula is C22H28F2. The molecule has 1 saturated carbocycles. The van der Waals surface area contributed by atoms with E-state index in [0.29, 0.717) is 11.8 Å². The maximum atomic E-state index is 13.6. The van der Waals surface area contributed by atoms with Crippen LogP contribution in [0.15, 0.2) is 42.5 Å². The number of benzene rings is 1. The highest BCUT2D eigenvalue weighted by Crippen LogP contribution is 2.43. The number of hydrogen-bond donors (Lipinski definition) is 0. The quantitative estimate of drug-likeness (QED) is 0.557. The fourth-order valence-electron chi connectivity index (χ4n) is 4.53. The van der Waals surface area contributed by atoms with Crippen molar-refractivity contribution in [1.29, 1.82) is 0 Å². The summed E-state index contributed by atoms with van der Waals surface area (Å²) in [6.45, 7) is 2.26. The molecule has 24 heavy (non-hydrogen) atoms. The summed E-state index contributed by atoms with van der Waals surface area (Å²) in [5, 5.41) is 0. The van der Waals surface area contributed by atoms with Crippen molar-refractivity contribution in [2.24, 2.45) is 17.8 Å². The Morgan fingerprint density at radius 3 is 2.25 bits per heavy atom. The van der Waals surface area contributed by atoms with Crippen molar-refractivity contribution in [3.8, 4) is 0 Å². The summed E-state index contributed by atoms with van der Waals surface area (Å²) in [5.74, 6) is 1.01. The fourth-order valence-corrected chi connectivity index (χ4v) is 4.53. The van der Waals surface area contributed by atoms with Crippen molar-refractivity contribution >= 4 is 0 Å². The molecule has 0 aliphatic heterocycles. The van der Waals surface area contributed by atoms with Crippen LogP contribution in [0, 0.1) is 29.4 Å². The molecule has 0 amide bonds. The van der Waals surface area contributed by atoms with Gasteiger partial charge in [-0.05, 0) is 48.3 Å². The van der Waals surface area contributed by atoms with Gasteiger partial charge in [-0.1, -0.05) is 63.3 Å². The molecule has 1 fully saturated rings. The van der Waals surface area contributed by atoms with Gasteiger partial charge < -0.3 is 0 Å². The molecule has 3 rings (SSSR count). The van der Waals surface area contributed by atoms with Gasteiger partial charge in [0.15, 0.2) is 0 Å². The van der Waals surface area contributed by atoms with Crippen LogP contribution in [-0.2, 0) is 0 Å². The van der Waals surface area contributed by atoms with E-state index < -0.39 is 11.6 Å². The van der Waals surface area contributed by atoms with Crippen LogP contribution in [0.25, 0.3) is 0 Å². The minimum Gasteiger partial charge on any atom is -0.207 e. The lowest BCUT2D eigenvalue weighted by molar-refractivity contribution is 0.210. The van der Waals surface area contributed by atoms with Gasteiger partial charge in [0.25, 0.3) is 0 Å². The predicted molar refractivity (Wildman–Crippen MR) is 95.8 cm³/mol. The standard InChI is InChI=1S/C22H28F2/c1-2-3-6-16-9-11-17(12-10-16)21-7-4-5-8-22(21)18-13-19(23)15-20(24)14-18/h4-5,7-8,13-17,21-22H,2-3,6,9-12H2,1H3/t16-,17-,21?,22?. The molecule has 2 aliphatic carbocycles. The Hall–Kier alpha value is -1.44. The molecule has 1 aromatic rings. The highest BCUT2D eigenvalue weighted by molar-refractivity contribution is 5.32. The van der Waals surface area contributed by atoms with E-state index in [4.69, 9.17) is 0 Å². The SMILES string of the molecule is CCCC[C@H]1CC[C@H](C2C=CC=CC2c2cc(F)cc(F)c2)CC1. The third-order valence-corrected chi connectivity index (χ3v) is 5.85. The Labute approximate surface area is 144 Å². The zero-order chi connectivity index (χ0) is 16.9. The van der Waals surface area contributed by atoms with E-state index >= 15 is 0 Å². The number of allylic oxidation sites excluding steroid dienone is 4. The molecule has 0 bridgehead atoms. The van der Waals surface area contributed by atoms with Gasteiger partial charge in [0, 0.05) is 12.0 Å². The van der Waals surface area contributed by atoms with E-state index in [9.17, 15) is 8.78 Å².